The molecule has 0 aliphatic rings. The van der Waals surface area contributed by atoms with Crippen LogP contribution in [0.1, 0.15) is 25.8 Å². The lowest BCUT2D eigenvalue weighted by Gasteiger charge is -2.11. The van der Waals surface area contributed by atoms with E-state index < -0.39 is 0 Å². The van der Waals surface area contributed by atoms with Gasteiger partial charge in [0.2, 0.25) is 0 Å². The Labute approximate surface area is 109 Å². The molecule has 0 atom stereocenters. The molecule has 0 aliphatic heterocycles. The van der Waals surface area contributed by atoms with E-state index in [0.29, 0.717) is 6.54 Å². The lowest BCUT2D eigenvalue weighted by Crippen LogP contribution is -2.37. The summed E-state index contributed by atoms with van der Waals surface area (Å²) in [7, 11) is 1.68. The summed E-state index contributed by atoms with van der Waals surface area (Å²) in [6.45, 7) is 6.60. The first-order chi connectivity index (χ1) is 8.81. The maximum atomic E-state index is 5.31. The molecule has 18 heavy (non-hydrogen) atoms. The Balaban J connectivity index is 2.68. The molecule has 1 aromatic carbocycles. The Morgan fingerprint density at radius 2 is 2.00 bits per heavy atom. The van der Waals surface area contributed by atoms with Crippen molar-refractivity contribution in [2.24, 2.45) is 4.99 Å². The second kappa shape index (κ2) is 8.39. The van der Waals surface area contributed by atoms with Crippen molar-refractivity contribution in [2.75, 3.05) is 20.2 Å². The molecule has 1 rings (SSSR count). The van der Waals surface area contributed by atoms with Crippen molar-refractivity contribution >= 4 is 5.96 Å². The zero-order valence-corrected chi connectivity index (χ0v) is 11.5. The van der Waals surface area contributed by atoms with E-state index in [-0.39, 0.29) is 0 Å². The quantitative estimate of drug-likeness (QED) is 0.600. The van der Waals surface area contributed by atoms with Gasteiger partial charge in [-0.1, -0.05) is 25.1 Å². The highest BCUT2D eigenvalue weighted by Gasteiger charge is 2.01. The maximum Gasteiger partial charge on any atom is 0.191 e. The highest BCUT2D eigenvalue weighted by molar-refractivity contribution is 5.79. The molecule has 0 amide bonds. The highest BCUT2D eigenvalue weighted by Crippen LogP contribution is 2.17. The van der Waals surface area contributed by atoms with Crippen molar-refractivity contribution in [3.8, 4) is 5.75 Å². The standard InChI is InChI=1S/C14H23N3O/c1-4-10-16-14(15-5-2)17-11-12-8-6-7-9-13(12)18-3/h6-9H,4-5,10-11H2,1-3H3,(H2,15,16,17). The van der Waals surface area contributed by atoms with E-state index in [1.54, 1.807) is 7.11 Å². The molecule has 2 N–H and O–H groups in total. The fourth-order valence-corrected chi connectivity index (χ4v) is 1.58. The first kappa shape index (κ1) is 14.4. The molecule has 0 unspecified atom stereocenters. The molecule has 1 aromatic rings. The first-order valence-electron chi connectivity index (χ1n) is 6.45. The van der Waals surface area contributed by atoms with Gasteiger partial charge in [0.15, 0.2) is 5.96 Å². The average Bonchev–Trinajstić information content (AvgIpc) is 2.42. The van der Waals surface area contributed by atoms with Crippen LogP contribution in [0.4, 0.5) is 0 Å². The highest BCUT2D eigenvalue weighted by atomic mass is 16.5. The normalized spacial score (nSPS) is 11.2. The summed E-state index contributed by atoms with van der Waals surface area (Å²) in [4.78, 5) is 4.54. The zero-order chi connectivity index (χ0) is 13.2. The number of benzene rings is 1. The average molecular weight is 249 g/mol. The van der Waals surface area contributed by atoms with Gasteiger partial charge >= 0.3 is 0 Å². The summed E-state index contributed by atoms with van der Waals surface area (Å²) >= 11 is 0. The Bertz CT molecular complexity index is 377. The minimum absolute atomic E-state index is 0.614. The van der Waals surface area contributed by atoms with Gasteiger partial charge in [-0.2, -0.15) is 0 Å². The predicted octanol–water partition coefficient (Wildman–Crippen LogP) is 2.16. The summed E-state index contributed by atoms with van der Waals surface area (Å²) in [6, 6.07) is 7.95. The number of nitrogens with zero attached hydrogens (tertiary/aromatic N) is 1. The van der Waals surface area contributed by atoms with Crippen LogP contribution >= 0.6 is 0 Å². The van der Waals surface area contributed by atoms with Crippen molar-refractivity contribution < 1.29 is 4.74 Å². The molecule has 0 saturated heterocycles. The third-order valence-corrected chi connectivity index (χ3v) is 2.49. The van der Waals surface area contributed by atoms with Crippen LogP contribution in [0.15, 0.2) is 29.3 Å². The number of hydrogen-bond acceptors (Lipinski definition) is 2. The Morgan fingerprint density at radius 1 is 1.22 bits per heavy atom. The minimum atomic E-state index is 0.614. The Kier molecular flexibility index (Phi) is 6.69. The fourth-order valence-electron chi connectivity index (χ4n) is 1.58. The summed E-state index contributed by atoms with van der Waals surface area (Å²) in [5.74, 6) is 1.73. The van der Waals surface area contributed by atoms with Gasteiger partial charge in [-0.3, -0.25) is 0 Å². The third kappa shape index (κ3) is 4.65. The van der Waals surface area contributed by atoms with Gasteiger partial charge in [0.25, 0.3) is 0 Å². The second-order valence-electron chi connectivity index (χ2n) is 3.93. The summed E-state index contributed by atoms with van der Waals surface area (Å²) in [6.07, 6.45) is 1.08. The zero-order valence-electron chi connectivity index (χ0n) is 11.5. The van der Waals surface area contributed by atoms with E-state index in [1.807, 2.05) is 24.3 Å². The van der Waals surface area contributed by atoms with Crippen molar-refractivity contribution in [3.63, 3.8) is 0 Å². The van der Waals surface area contributed by atoms with Crippen LogP contribution in [0.2, 0.25) is 0 Å². The molecule has 0 heterocycles. The van der Waals surface area contributed by atoms with Gasteiger partial charge in [0.05, 0.1) is 13.7 Å². The van der Waals surface area contributed by atoms with Crippen LogP contribution in [0, 0.1) is 0 Å². The lowest BCUT2D eigenvalue weighted by atomic mass is 10.2. The molecule has 0 aromatic heterocycles. The van der Waals surface area contributed by atoms with E-state index >= 15 is 0 Å². The van der Waals surface area contributed by atoms with Crippen LogP contribution in [0.5, 0.6) is 5.75 Å². The van der Waals surface area contributed by atoms with E-state index in [4.69, 9.17) is 4.74 Å². The van der Waals surface area contributed by atoms with Crippen molar-refractivity contribution in [1.82, 2.24) is 10.6 Å². The van der Waals surface area contributed by atoms with Crippen LogP contribution in [0.25, 0.3) is 0 Å². The van der Waals surface area contributed by atoms with Crippen molar-refractivity contribution in [2.45, 2.75) is 26.8 Å². The van der Waals surface area contributed by atoms with E-state index in [0.717, 1.165) is 36.8 Å². The number of para-hydroxylation sites is 1. The van der Waals surface area contributed by atoms with Gasteiger partial charge in [0.1, 0.15) is 5.75 Å². The van der Waals surface area contributed by atoms with Gasteiger partial charge in [-0.15, -0.1) is 0 Å². The topological polar surface area (TPSA) is 45.7 Å². The number of guanidine groups is 1. The summed E-state index contributed by atoms with van der Waals surface area (Å²) in [5.41, 5.74) is 1.09. The molecule has 0 radical (unpaired) electrons. The number of nitrogens with one attached hydrogen (secondary N) is 2. The molecule has 0 fully saturated rings. The van der Waals surface area contributed by atoms with Crippen LogP contribution in [0.3, 0.4) is 0 Å². The number of hydrogen-bond donors (Lipinski definition) is 2. The molecule has 0 spiro atoms. The second-order valence-corrected chi connectivity index (χ2v) is 3.93. The maximum absolute atomic E-state index is 5.31. The van der Waals surface area contributed by atoms with Gasteiger partial charge < -0.3 is 15.4 Å². The minimum Gasteiger partial charge on any atom is -0.496 e. The summed E-state index contributed by atoms with van der Waals surface area (Å²) in [5, 5.41) is 6.50. The number of aliphatic imine (C=N–C) groups is 1. The first-order valence-corrected chi connectivity index (χ1v) is 6.45. The van der Waals surface area contributed by atoms with Gasteiger partial charge in [0, 0.05) is 18.7 Å². The molecule has 0 aliphatic carbocycles. The van der Waals surface area contributed by atoms with Gasteiger partial charge in [-0.25, -0.2) is 4.99 Å². The van der Waals surface area contributed by atoms with E-state index in [9.17, 15) is 0 Å². The van der Waals surface area contributed by atoms with E-state index in [1.165, 1.54) is 0 Å². The largest absolute Gasteiger partial charge is 0.496 e. The molecule has 100 valence electrons. The van der Waals surface area contributed by atoms with Crippen LogP contribution in [-0.4, -0.2) is 26.2 Å². The number of rotatable bonds is 6. The summed E-state index contributed by atoms with van der Waals surface area (Å²) < 4.78 is 5.31. The smallest absolute Gasteiger partial charge is 0.191 e. The SMILES string of the molecule is CCCNC(=NCc1ccccc1OC)NCC. The molecule has 0 bridgehead atoms. The predicted molar refractivity (Wildman–Crippen MR) is 76.1 cm³/mol. The Hall–Kier alpha value is -1.71. The molecule has 0 saturated carbocycles. The number of methoxy groups -OCH3 is 1. The molecule has 4 heteroatoms. The van der Waals surface area contributed by atoms with Crippen LogP contribution < -0.4 is 15.4 Å². The molecule has 4 nitrogen and oxygen atoms in total. The molecular weight excluding hydrogens is 226 g/mol. The van der Waals surface area contributed by atoms with E-state index in [2.05, 4.69) is 29.5 Å². The lowest BCUT2D eigenvalue weighted by molar-refractivity contribution is 0.410. The van der Waals surface area contributed by atoms with Gasteiger partial charge in [-0.05, 0) is 19.4 Å². The van der Waals surface area contributed by atoms with Crippen molar-refractivity contribution in [3.05, 3.63) is 29.8 Å². The van der Waals surface area contributed by atoms with Crippen LogP contribution in [-0.2, 0) is 6.54 Å². The third-order valence-electron chi connectivity index (χ3n) is 2.49. The monoisotopic (exact) mass is 249 g/mol. The number of ether oxygens (including phenoxy) is 1. The molecular formula is C14H23N3O. The Morgan fingerprint density at radius 3 is 2.67 bits per heavy atom. The fraction of sp³-hybridized carbons (Fsp3) is 0.500. The van der Waals surface area contributed by atoms with Crippen molar-refractivity contribution in [1.29, 1.82) is 0 Å².